The lowest BCUT2D eigenvalue weighted by molar-refractivity contribution is -0.425. The van der Waals surface area contributed by atoms with Gasteiger partial charge in [0, 0.05) is 20.8 Å². The molecule has 0 radical (unpaired) electrons. The first kappa shape index (κ1) is 28.2. The standard InChI is InChI=1S/C9H20O6.2H3O3P/c1-4-15-9(13-2,14-3)8(5-10,6-11)7-12;2*1-4(2)3/h10-12H,4-7H2,1-3H3;2*1-3H. The highest BCUT2D eigenvalue weighted by Gasteiger charge is 2.54. The highest BCUT2D eigenvalue weighted by molar-refractivity contribution is 7.38. The van der Waals surface area contributed by atoms with Crippen molar-refractivity contribution in [2.45, 2.75) is 12.9 Å². The highest BCUT2D eigenvalue weighted by atomic mass is 31.2. The van der Waals surface area contributed by atoms with Gasteiger partial charge < -0.3 is 58.9 Å². The van der Waals surface area contributed by atoms with E-state index < -0.39 is 48.4 Å². The minimum atomic E-state index is -2.62. The molecular formula is C9H26O12P2. The minimum Gasteiger partial charge on any atom is -0.395 e. The third-order valence-corrected chi connectivity index (χ3v) is 2.43. The second kappa shape index (κ2) is 15.9. The largest absolute Gasteiger partial charge is 0.395 e. The lowest BCUT2D eigenvalue weighted by Crippen LogP contribution is -2.59. The fourth-order valence-electron chi connectivity index (χ4n) is 1.42. The van der Waals surface area contributed by atoms with Crippen LogP contribution in [0, 0.1) is 5.41 Å². The number of hydrogen-bond acceptors (Lipinski definition) is 12. The van der Waals surface area contributed by atoms with Crippen LogP contribution >= 0.6 is 17.2 Å². The molecule has 0 spiro atoms. The molecule has 9 N–H and O–H groups in total. The second-order valence-corrected chi connectivity index (χ2v) is 4.76. The van der Waals surface area contributed by atoms with Gasteiger partial charge in [-0.3, -0.25) is 0 Å². The number of ether oxygens (including phenoxy) is 3. The smallest absolute Gasteiger partial charge is 0.324 e. The Balaban J connectivity index is -0.000000413. The molecular weight excluding hydrogens is 362 g/mol. The molecule has 0 fully saturated rings. The Labute approximate surface area is 136 Å². The van der Waals surface area contributed by atoms with Gasteiger partial charge in [-0.2, -0.15) is 0 Å². The summed E-state index contributed by atoms with van der Waals surface area (Å²) in [6, 6.07) is 0. The Bertz CT molecular complexity index is 227. The Morgan fingerprint density at radius 1 is 0.739 bits per heavy atom. The van der Waals surface area contributed by atoms with E-state index in [1.807, 2.05) is 0 Å². The molecule has 0 rings (SSSR count). The van der Waals surface area contributed by atoms with Crippen LogP contribution in [0.5, 0.6) is 0 Å². The number of aliphatic hydroxyl groups is 3. The topological polar surface area (TPSA) is 210 Å². The Kier molecular flexibility index (Phi) is 19.5. The quantitative estimate of drug-likeness (QED) is 0.154. The van der Waals surface area contributed by atoms with E-state index in [2.05, 4.69) is 0 Å². The Morgan fingerprint density at radius 3 is 1.13 bits per heavy atom. The zero-order valence-electron chi connectivity index (χ0n) is 13.0. The average molecular weight is 388 g/mol. The van der Waals surface area contributed by atoms with Gasteiger partial charge in [-0.25, -0.2) is 0 Å². The summed E-state index contributed by atoms with van der Waals surface area (Å²) in [5.41, 5.74) is -1.41. The molecule has 0 heterocycles. The van der Waals surface area contributed by atoms with E-state index in [4.69, 9.17) is 43.6 Å². The predicted molar refractivity (Wildman–Crippen MR) is 79.2 cm³/mol. The summed E-state index contributed by atoms with van der Waals surface area (Å²) in [7, 11) is -2.61. The molecule has 0 atom stereocenters. The summed E-state index contributed by atoms with van der Waals surface area (Å²) in [6.45, 7) is 0.387. The zero-order chi connectivity index (χ0) is 19.1. The normalized spacial score (nSPS) is 11.7. The lowest BCUT2D eigenvalue weighted by Gasteiger charge is -2.43. The molecule has 0 bridgehead atoms. The third-order valence-electron chi connectivity index (χ3n) is 2.43. The van der Waals surface area contributed by atoms with Crippen molar-refractivity contribution < 1.29 is 58.9 Å². The monoisotopic (exact) mass is 388 g/mol. The molecule has 12 nitrogen and oxygen atoms in total. The summed E-state index contributed by atoms with van der Waals surface area (Å²) in [5, 5.41) is 27.7. The van der Waals surface area contributed by atoms with Crippen LogP contribution in [0.1, 0.15) is 6.92 Å². The summed E-state index contributed by atoms with van der Waals surface area (Å²) >= 11 is 0. The van der Waals surface area contributed by atoms with Crippen LogP contribution in [0.3, 0.4) is 0 Å². The van der Waals surface area contributed by atoms with E-state index in [1.165, 1.54) is 14.2 Å². The Morgan fingerprint density at radius 2 is 1.00 bits per heavy atom. The van der Waals surface area contributed by atoms with E-state index >= 15 is 0 Å². The van der Waals surface area contributed by atoms with Gasteiger partial charge >= 0.3 is 17.2 Å². The van der Waals surface area contributed by atoms with Crippen LogP contribution in [-0.4, -0.2) is 91.3 Å². The first-order valence-corrected chi connectivity index (χ1v) is 8.28. The summed E-state index contributed by atoms with van der Waals surface area (Å²) < 4.78 is 15.3. The van der Waals surface area contributed by atoms with E-state index in [-0.39, 0.29) is 6.61 Å². The summed E-state index contributed by atoms with van der Waals surface area (Å²) in [4.78, 5) is 43.4. The molecule has 0 aromatic rings. The molecule has 23 heavy (non-hydrogen) atoms. The number of hydrogen-bond donors (Lipinski definition) is 9. The summed E-state index contributed by atoms with van der Waals surface area (Å²) in [6.07, 6.45) is 0. The van der Waals surface area contributed by atoms with Crippen LogP contribution < -0.4 is 0 Å². The Hall–Kier alpha value is 0.380. The molecule has 0 aliphatic carbocycles. The maximum absolute atomic E-state index is 9.24. The molecule has 14 heteroatoms. The van der Waals surface area contributed by atoms with E-state index in [0.717, 1.165) is 0 Å². The number of rotatable bonds is 8. The third kappa shape index (κ3) is 11.5. The minimum absolute atomic E-state index is 0.253. The van der Waals surface area contributed by atoms with Crippen LogP contribution in [0.2, 0.25) is 0 Å². The number of aliphatic hydroxyl groups excluding tert-OH is 3. The molecule has 0 saturated heterocycles. The average Bonchev–Trinajstić information content (AvgIpc) is 2.47. The zero-order valence-corrected chi connectivity index (χ0v) is 14.8. The fourth-order valence-corrected chi connectivity index (χ4v) is 1.42. The van der Waals surface area contributed by atoms with Gasteiger partial charge in [0.1, 0.15) is 5.41 Å². The van der Waals surface area contributed by atoms with Gasteiger partial charge in [0.2, 0.25) is 0 Å². The van der Waals surface area contributed by atoms with E-state index in [0.29, 0.717) is 0 Å². The van der Waals surface area contributed by atoms with E-state index in [9.17, 15) is 15.3 Å². The number of methoxy groups -OCH3 is 2. The van der Waals surface area contributed by atoms with Crippen LogP contribution in [0.15, 0.2) is 0 Å². The molecule has 144 valence electrons. The lowest BCUT2D eigenvalue weighted by atomic mass is 9.87. The van der Waals surface area contributed by atoms with Crippen LogP contribution in [0.25, 0.3) is 0 Å². The van der Waals surface area contributed by atoms with Gasteiger partial charge in [0.05, 0.1) is 19.8 Å². The van der Waals surface area contributed by atoms with Crippen molar-refractivity contribution in [3.63, 3.8) is 0 Å². The highest BCUT2D eigenvalue weighted by Crippen LogP contribution is 2.35. The van der Waals surface area contributed by atoms with Crippen molar-refractivity contribution in [3.8, 4) is 0 Å². The molecule has 0 aromatic heterocycles. The summed E-state index contributed by atoms with van der Waals surface area (Å²) in [5.74, 6) is -1.65. The van der Waals surface area contributed by atoms with Crippen molar-refractivity contribution >= 4 is 17.2 Å². The predicted octanol–water partition coefficient (Wildman–Crippen LogP) is -2.69. The van der Waals surface area contributed by atoms with Gasteiger partial charge in [0.25, 0.3) is 5.97 Å². The van der Waals surface area contributed by atoms with Crippen molar-refractivity contribution in [2.75, 3.05) is 40.6 Å². The van der Waals surface area contributed by atoms with Crippen molar-refractivity contribution in [1.29, 1.82) is 0 Å². The van der Waals surface area contributed by atoms with Crippen LogP contribution in [-0.2, 0) is 14.2 Å². The molecule has 0 aliphatic heterocycles. The van der Waals surface area contributed by atoms with Gasteiger partial charge in [-0.15, -0.1) is 0 Å². The van der Waals surface area contributed by atoms with Crippen molar-refractivity contribution in [1.82, 2.24) is 0 Å². The maximum Gasteiger partial charge on any atom is 0.324 e. The van der Waals surface area contributed by atoms with Gasteiger partial charge in [-0.05, 0) is 6.92 Å². The van der Waals surface area contributed by atoms with Crippen LogP contribution in [0.4, 0.5) is 0 Å². The molecule has 0 aliphatic rings. The van der Waals surface area contributed by atoms with Crippen molar-refractivity contribution in [2.24, 2.45) is 5.41 Å². The second-order valence-electron chi connectivity index (χ2n) is 3.69. The first-order valence-electron chi connectivity index (χ1n) is 5.88. The molecule has 0 aromatic carbocycles. The molecule has 0 unspecified atom stereocenters. The first-order chi connectivity index (χ1) is 10.6. The van der Waals surface area contributed by atoms with Gasteiger partial charge in [0.15, 0.2) is 0 Å². The SMILES string of the molecule is CCOC(OC)(OC)C(CO)(CO)CO.OP(O)O.OP(O)O. The van der Waals surface area contributed by atoms with Crippen molar-refractivity contribution in [3.05, 3.63) is 0 Å². The fraction of sp³-hybridized carbons (Fsp3) is 1.00. The maximum atomic E-state index is 9.24. The molecule has 0 saturated carbocycles. The van der Waals surface area contributed by atoms with E-state index in [1.54, 1.807) is 6.92 Å². The molecule has 0 amide bonds. The van der Waals surface area contributed by atoms with Gasteiger partial charge in [-0.1, -0.05) is 0 Å².